The number of hydrogen-bond donors (Lipinski definition) is 3. The van der Waals surface area contributed by atoms with Crippen LogP contribution in [0.1, 0.15) is 18.1 Å². The van der Waals surface area contributed by atoms with Crippen LogP contribution in [-0.2, 0) is 17.8 Å². The molecule has 2 aromatic carbocycles. The Balaban J connectivity index is 1.89. The second-order valence-electron chi connectivity index (χ2n) is 6.05. The molecular weight excluding hydrogens is 316 g/mol. The van der Waals surface area contributed by atoms with Crippen LogP contribution in [0.2, 0.25) is 0 Å². The summed E-state index contributed by atoms with van der Waals surface area (Å²) in [6, 6.07) is 17.3. The van der Waals surface area contributed by atoms with Crippen molar-refractivity contribution in [3.63, 3.8) is 0 Å². The third kappa shape index (κ3) is 6.57. The quantitative estimate of drug-likeness (QED) is 0.651. The van der Waals surface area contributed by atoms with Gasteiger partial charge in [0.15, 0.2) is 0 Å². The van der Waals surface area contributed by atoms with E-state index in [9.17, 15) is 9.90 Å². The average Bonchev–Trinajstić information content (AvgIpc) is 2.62. The molecule has 0 unspecified atom stereocenters. The Kier molecular flexibility index (Phi) is 7.44. The molecule has 25 heavy (non-hydrogen) atoms. The largest absolute Gasteiger partial charge is 0.497 e. The maximum absolute atomic E-state index is 11.5. The lowest BCUT2D eigenvalue weighted by molar-refractivity contribution is -0.120. The Morgan fingerprint density at radius 1 is 1.12 bits per heavy atom. The number of rotatable bonds is 9. The van der Waals surface area contributed by atoms with Crippen molar-refractivity contribution in [3.8, 4) is 5.75 Å². The van der Waals surface area contributed by atoms with Crippen LogP contribution in [0.5, 0.6) is 5.75 Å². The molecule has 1 amide bonds. The van der Waals surface area contributed by atoms with Crippen molar-refractivity contribution < 1.29 is 14.6 Å². The Morgan fingerprint density at radius 3 is 2.52 bits per heavy atom. The molecule has 5 nitrogen and oxygen atoms in total. The predicted octanol–water partition coefficient (Wildman–Crippen LogP) is 1.89. The summed E-state index contributed by atoms with van der Waals surface area (Å²) in [7, 11) is 1.64. The van der Waals surface area contributed by atoms with E-state index in [0.29, 0.717) is 19.5 Å². The summed E-state index contributed by atoms with van der Waals surface area (Å²) in [5.74, 6) is 0.660. The average molecular weight is 342 g/mol. The first-order valence-corrected chi connectivity index (χ1v) is 8.41. The Hall–Kier alpha value is -2.37. The standard InChI is InChI=1S/C20H26N2O3/c1-15(23)22-19(12-16-7-4-3-5-8-16)20(24)14-21-13-17-9-6-10-18(11-17)25-2/h3-11,19-21,24H,12-14H2,1-2H3,(H,22,23)/t19-,20+/m0/s1. The van der Waals surface area contributed by atoms with Gasteiger partial charge in [-0.3, -0.25) is 4.79 Å². The molecule has 2 atom stereocenters. The van der Waals surface area contributed by atoms with Crippen LogP contribution in [0.25, 0.3) is 0 Å². The number of carbonyl (C=O) groups excluding carboxylic acids is 1. The topological polar surface area (TPSA) is 70.6 Å². The van der Waals surface area contributed by atoms with E-state index < -0.39 is 6.10 Å². The highest BCUT2D eigenvalue weighted by atomic mass is 16.5. The molecule has 0 aromatic heterocycles. The summed E-state index contributed by atoms with van der Waals surface area (Å²) < 4.78 is 5.21. The maximum Gasteiger partial charge on any atom is 0.217 e. The van der Waals surface area contributed by atoms with Gasteiger partial charge in [0, 0.05) is 20.0 Å². The van der Waals surface area contributed by atoms with Gasteiger partial charge in [0.2, 0.25) is 5.91 Å². The highest BCUT2D eigenvalue weighted by Gasteiger charge is 2.20. The van der Waals surface area contributed by atoms with Crippen molar-refractivity contribution in [2.24, 2.45) is 0 Å². The molecule has 2 rings (SSSR count). The van der Waals surface area contributed by atoms with Gasteiger partial charge in [-0.25, -0.2) is 0 Å². The lowest BCUT2D eigenvalue weighted by atomic mass is 10.0. The minimum Gasteiger partial charge on any atom is -0.497 e. The van der Waals surface area contributed by atoms with E-state index in [0.717, 1.165) is 16.9 Å². The maximum atomic E-state index is 11.5. The van der Waals surface area contributed by atoms with Crippen LogP contribution in [0, 0.1) is 0 Å². The molecule has 0 bridgehead atoms. The number of amides is 1. The number of methoxy groups -OCH3 is 1. The second kappa shape index (κ2) is 9.81. The molecule has 0 radical (unpaired) electrons. The molecule has 0 aliphatic rings. The van der Waals surface area contributed by atoms with Gasteiger partial charge in [0.1, 0.15) is 5.75 Å². The van der Waals surface area contributed by atoms with Crippen molar-refractivity contribution >= 4 is 5.91 Å². The third-order valence-corrected chi connectivity index (χ3v) is 3.97. The molecule has 0 aliphatic heterocycles. The molecule has 0 spiro atoms. The van der Waals surface area contributed by atoms with Crippen molar-refractivity contribution in [1.82, 2.24) is 10.6 Å². The summed E-state index contributed by atoms with van der Waals surface area (Å²) in [5, 5.41) is 16.6. The molecule has 0 fully saturated rings. The second-order valence-corrected chi connectivity index (χ2v) is 6.05. The normalized spacial score (nSPS) is 13.1. The Labute approximate surface area is 149 Å². The lowest BCUT2D eigenvalue weighted by Gasteiger charge is -2.24. The fourth-order valence-electron chi connectivity index (χ4n) is 2.70. The van der Waals surface area contributed by atoms with Crippen molar-refractivity contribution in [3.05, 3.63) is 65.7 Å². The fraction of sp³-hybridized carbons (Fsp3) is 0.350. The van der Waals surface area contributed by atoms with Crippen molar-refractivity contribution in [2.75, 3.05) is 13.7 Å². The van der Waals surface area contributed by atoms with Gasteiger partial charge in [-0.15, -0.1) is 0 Å². The molecule has 0 saturated heterocycles. The summed E-state index contributed by atoms with van der Waals surface area (Å²) in [4.78, 5) is 11.5. The summed E-state index contributed by atoms with van der Waals surface area (Å²) in [6.07, 6.45) is -0.0997. The van der Waals surface area contributed by atoms with Crippen LogP contribution < -0.4 is 15.4 Å². The van der Waals surface area contributed by atoms with E-state index in [1.54, 1.807) is 7.11 Å². The van der Waals surface area contributed by atoms with Gasteiger partial charge < -0.3 is 20.5 Å². The summed E-state index contributed by atoms with van der Waals surface area (Å²) >= 11 is 0. The van der Waals surface area contributed by atoms with Crippen molar-refractivity contribution in [2.45, 2.75) is 32.0 Å². The minimum atomic E-state index is -0.685. The fourth-order valence-corrected chi connectivity index (χ4v) is 2.70. The zero-order valence-corrected chi connectivity index (χ0v) is 14.7. The van der Waals surface area contributed by atoms with E-state index in [1.165, 1.54) is 6.92 Å². The Bertz CT molecular complexity index is 661. The van der Waals surface area contributed by atoms with E-state index in [4.69, 9.17) is 4.74 Å². The first-order valence-electron chi connectivity index (χ1n) is 8.41. The number of hydrogen-bond acceptors (Lipinski definition) is 4. The molecule has 2 aromatic rings. The number of benzene rings is 2. The highest BCUT2D eigenvalue weighted by Crippen LogP contribution is 2.12. The van der Waals surface area contributed by atoms with E-state index in [1.807, 2.05) is 54.6 Å². The SMILES string of the molecule is COc1cccc(CNC[C@@H](O)[C@H](Cc2ccccc2)NC(C)=O)c1. The van der Waals surface area contributed by atoms with Gasteiger partial charge >= 0.3 is 0 Å². The van der Waals surface area contributed by atoms with E-state index in [-0.39, 0.29) is 11.9 Å². The van der Waals surface area contributed by atoms with E-state index >= 15 is 0 Å². The third-order valence-electron chi connectivity index (χ3n) is 3.97. The molecule has 0 saturated carbocycles. The number of nitrogens with one attached hydrogen (secondary N) is 2. The van der Waals surface area contributed by atoms with Gasteiger partial charge in [-0.2, -0.15) is 0 Å². The summed E-state index contributed by atoms with van der Waals surface area (Å²) in [6.45, 7) is 2.47. The van der Waals surface area contributed by atoms with Crippen LogP contribution in [0.3, 0.4) is 0 Å². The van der Waals surface area contributed by atoms with Crippen LogP contribution in [0.15, 0.2) is 54.6 Å². The van der Waals surface area contributed by atoms with Gasteiger partial charge in [0.25, 0.3) is 0 Å². The monoisotopic (exact) mass is 342 g/mol. The molecule has 134 valence electrons. The van der Waals surface area contributed by atoms with Crippen LogP contribution in [0.4, 0.5) is 0 Å². The van der Waals surface area contributed by atoms with Gasteiger partial charge in [-0.1, -0.05) is 42.5 Å². The predicted molar refractivity (Wildman–Crippen MR) is 98.5 cm³/mol. The molecule has 3 N–H and O–H groups in total. The van der Waals surface area contributed by atoms with Crippen LogP contribution >= 0.6 is 0 Å². The lowest BCUT2D eigenvalue weighted by Crippen LogP contribution is -2.48. The number of aliphatic hydroxyl groups excluding tert-OH is 1. The number of aliphatic hydroxyl groups is 1. The molecule has 0 aliphatic carbocycles. The zero-order valence-electron chi connectivity index (χ0n) is 14.7. The molecule has 5 heteroatoms. The van der Waals surface area contributed by atoms with Crippen LogP contribution in [-0.4, -0.2) is 36.8 Å². The minimum absolute atomic E-state index is 0.146. The zero-order chi connectivity index (χ0) is 18.1. The first-order chi connectivity index (χ1) is 12.1. The number of ether oxygens (including phenoxy) is 1. The number of carbonyl (C=O) groups is 1. The first kappa shape index (κ1) is 19.0. The van der Waals surface area contributed by atoms with Crippen molar-refractivity contribution in [1.29, 1.82) is 0 Å². The smallest absolute Gasteiger partial charge is 0.217 e. The summed E-state index contributed by atoms with van der Waals surface area (Å²) in [5.41, 5.74) is 2.15. The molecule has 0 heterocycles. The molecular formula is C20H26N2O3. The van der Waals surface area contributed by atoms with Gasteiger partial charge in [-0.05, 0) is 29.7 Å². The van der Waals surface area contributed by atoms with E-state index in [2.05, 4.69) is 10.6 Å². The van der Waals surface area contributed by atoms with Gasteiger partial charge in [0.05, 0.1) is 19.3 Å². The Morgan fingerprint density at radius 2 is 1.84 bits per heavy atom. The highest BCUT2D eigenvalue weighted by molar-refractivity contribution is 5.73.